The molecule has 1 aromatic rings. The molecule has 4 nitrogen and oxygen atoms in total. The summed E-state index contributed by atoms with van der Waals surface area (Å²) in [5.41, 5.74) is 5.62. The molecular weight excluding hydrogens is 200 g/mol. The van der Waals surface area contributed by atoms with Gasteiger partial charge in [0, 0.05) is 0 Å². The molecule has 0 fully saturated rings. The maximum Gasteiger partial charge on any atom is 0.181 e. The molecule has 0 unspecified atom stereocenters. The maximum absolute atomic E-state index is 8.69. The minimum atomic E-state index is 0.834. The van der Waals surface area contributed by atoms with Crippen LogP contribution in [-0.2, 0) is 0 Å². The molecule has 0 bridgehead atoms. The zero-order chi connectivity index (χ0) is 12.3. The van der Waals surface area contributed by atoms with Gasteiger partial charge in [-0.3, -0.25) is 10.6 Å². The van der Waals surface area contributed by atoms with Crippen molar-refractivity contribution in [2.24, 2.45) is 0 Å². The first-order valence-corrected chi connectivity index (χ1v) is 4.95. The summed E-state index contributed by atoms with van der Waals surface area (Å²) in [6, 6.07) is 0. The summed E-state index contributed by atoms with van der Waals surface area (Å²) < 4.78 is 0. The van der Waals surface area contributed by atoms with Gasteiger partial charge >= 0.3 is 0 Å². The fourth-order valence-electron chi connectivity index (χ4n) is 1.80. The average Bonchev–Trinajstić information content (AvgIpc) is 2.28. The van der Waals surface area contributed by atoms with Gasteiger partial charge in [0.1, 0.15) is 0 Å². The number of anilines is 2. The highest BCUT2D eigenvalue weighted by atomic mass is 14.9. The second-order valence-corrected chi connectivity index (χ2v) is 3.72. The third-order valence-electron chi connectivity index (χ3n) is 2.99. The molecule has 1 aromatic carbocycles. The summed E-state index contributed by atoms with van der Waals surface area (Å²) >= 11 is 0. The first-order chi connectivity index (χ1) is 7.54. The van der Waals surface area contributed by atoms with E-state index < -0.39 is 0 Å². The van der Waals surface area contributed by atoms with E-state index >= 15 is 0 Å². The normalized spacial score (nSPS) is 9.12. The van der Waals surface area contributed by atoms with Crippen LogP contribution in [-0.4, -0.2) is 0 Å². The van der Waals surface area contributed by atoms with E-state index in [0.717, 1.165) is 33.6 Å². The Hall–Kier alpha value is -2.20. The van der Waals surface area contributed by atoms with Crippen LogP contribution < -0.4 is 10.6 Å². The van der Waals surface area contributed by atoms with E-state index in [0.29, 0.717) is 0 Å². The molecule has 0 heterocycles. The molecule has 0 atom stereocenters. The molecule has 0 spiro atoms. The largest absolute Gasteiger partial charge is 0.292 e. The standard InChI is InChI=1S/C12H14N4/c1-7-8(2)12(16-6-14)10(4)9(3)11(7)15-5-13/h15-16H,1-4H3. The van der Waals surface area contributed by atoms with Crippen LogP contribution >= 0.6 is 0 Å². The van der Waals surface area contributed by atoms with E-state index in [9.17, 15) is 0 Å². The van der Waals surface area contributed by atoms with Crippen LogP contribution in [0.15, 0.2) is 0 Å². The maximum atomic E-state index is 8.69. The fraction of sp³-hybridized carbons (Fsp3) is 0.333. The van der Waals surface area contributed by atoms with Gasteiger partial charge in [-0.1, -0.05) is 0 Å². The molecule has 1 rings (SSSR count). The number of hydrogen-bond donors (Lipinski definition) is 2. The lowest BCUT2D eigenvalue weighted by Gasteiger charge is -2.18. The first-order valence-electron chi connectivity index (χ1n) is 4.95. The molecule has 4 heteroatoms. The molecule has 0 aliphatic carbocycles. The monoisotopic (exact) mass is 214 g/mol. The summed E-state index contributed by atoms with van der Waals surface area (Å²) in [6.45, 7) is 7.74. The van der Waals surface area contributed by atoms with Gasteiger partial charge in [-0.05, 0) is 49.9 Å². The molecule has 0 saturated carbocycles. The van der Waals surface area contributed by atoms with E-state index in [4.69, 9.17) is 10.5 Å². The van der Waals surface area contributed by atoms with Gasteiger partial charge in [-0.2, -0.15) is 10.5 Å². The van der Waals surface area contributed by atoms with Crippen molar-refractivity contribution >= 4 is 11.4 Å². The molecule has 0 radical (unpaired) electrons. The highest BCUT2D eigenvalue weighted by Crippen LogP contribution is 2.33. The number of nitrogens with one attached hydrogen (secondary N) is 2. The molecule has 16 heavy (non-hydrogen) atoms. The van der Waals surface area contributed by atoms with Crippen LogP contribution in [0.5, 0.6) is 0 Å². The zero-order valence-corrected chi connectivity index (χ0v) is 9.89. The Morgan fingerprint density at radius 1 is 0.688 bits per heavy atom. The van der Waals surface area contributed by atoms with Gasteiger partial charge in [0.2, 0.25) is 0 Å². The summed E-state index contributed by atoms with van der Waals surface area (Å²) in [5, 5.41) is 22.8. The number of nitrogens with zero attached hydrogens (tertiary/aromatic N) is 2. The van der Waals surface area contributed by atoms with Crippen LogP contribution in [0.25, 0.3) is 0 Å². The van der Waals surface area contributed by atoms with Crippen LogP contribution in [0.2, 0.25) is 0 Å². The SMILES string of the molecule is Cc1c(C)c(NC#N)c(C)c(C)c1NC#N. The van der Waals surface area contributed by atoms with E-state index in [1.54, 1.807) is 0 Å². The highest BCUT2D eigenvalue weighted by Gasteiger charge is 2.13. The number of rotatable bonds is 2. The number of benzene rings is 1. The predicted molar refractivity (Wildman–Crippen MR) is 63.9 cm³/mol. The highest BCUT2D eigenvalue weighted by molar-refractivity contribution is 5.74. The topological polar surface area (TPSA) is 71.6 Å². The summed E-state index contributed by atoms with van der Waals surface area (Å²) in [7, 11) is 0. The Kier molecular flexibility index (Phi) is 3.37. The Labute approximate surface area is 95.5 Å². The van der Waals surface area contributed by atoms with Gasteiger partial charge in [-0.25, -0.2) is 0 Å². The summed E-state index contributed by atoms with van der Waals surface area (Å²) in [4.78, 5) is 0. The van der Waals surface area contributed by atoms with Crippen molar-refractivity contribution in [3.8, 4) is 12.4 Å². The van der Waals surface area contributed by atoms with Crippen molar-refractivity contribution in [3.63, 3.8) is 0 Å². The Balaban J connectivity index is 3.52. The van der Waals surface area contributed by atoms with Gasteiger partial charge in [0.15, 0.2) is 12.4 Å². The van der Waals surface area contributed by atoms with E-state index in [2.05, 4.69) is 10.6 Å². The molecule has 0 saturated heterocycles. The number of hydrogen-bond acceptors (Lipinski definition) is 4. The van der Waals surface area contributed by atoms with Gasteiger partial charge in [-0.15, -0.1) is 0 Å². The van der Waals surface area contributed by atoms with Crippen LogP contribution in [0.3, 0.4) is 0 Å². The second-order valence-electron chi connectivity index (χ2n) is 3.72. The Morgan fingerprint density at radius 2 is 0.938 bits per heavy atom. The summed E-state index contributed by atoms with van der Waals surface area (Å²) in [5.74, 6) is 0. The quantitative estimate of drug-likeness (QED) is 0.586. The van der Waals surface area contributed by atoms with Crippen LogP contribution in [0.4, 0.5) is 11.4 Å². The minimum Gasteiger partial charge on any atom is -0.292 e. The van der Waals surface area contributed by atoms with Crippen molar-refractivity contribution in [1.29, 1.82) is 10.5 Å². The van der Waals surface area contributed by atoms with E-state index in [1.165, 1.54) is 0 Å². The molecule has 0 amide bonds. The lowest BCUT2D eigenvalue weighted by atomic mass is 9.96. The second kappa shape index (κ2) is 4.55. The predicted octanol–water partition coefficient (Wildman–Crippen LogP) is 2.71. The van der Waals surface area contributed by atoms with Crippen LogP contribution in [0, 0.1) is 50.6 Å². The lowest BCUT2D eigenvalue weighted by Crippen LogP contribution is -2.04. The van der Waals surface area contributed by atoms with Gasteiger partial charge in [0.25, 0.3) is 0 Å². The lowest BCUT2D eigenvalue weighted by molar-refractivity contribution is 1.23. The smallest absolute Gasteiger partial charge is 0.181 e. The summed E-state index contributed by atoms with van der Waals surface area (Å²) in [6.07, 6.45) is 3.87. The Morgan fingerprint density at radius 3 is 1.12 bits per heavy atom. The van der Waals surface area contributed by atoms with Gasteiger partial charge in [0.05, 0.1) is 11.4 Å². The third-order valence-corrected chi connectivity index (χ3v) is 2.99. The molecule has 0 aromatic heterocycles. The molecule has 82 valence electrons. The number of nitriles is 2. The average molecular weight is 214 g/mol. The zero-order valence-electron chi connectivity index (χ0n) is 9.89. The van der Waals surface area contributed by atoms with E-state index in [1.807, 2.05) is 40.1 Å². The van der Waals surface area contributed by atoms with Crippen molar-refractivity contribution in [3.05, 3.63) is 22.3 Å². The molecule has 0 aliphatic rings. The van der Waals surface area contributed by atoms with Crippen LogP contribution in [0.1, 0.15) is 22.3 Å². The molecule has 0 aliphatic heterocycles. The van der Waals surface area contributed by atoms with Crippen molar-refractivity contribution < 1.29 is 0 Å². The van der Waals surface area contributed by atoms with Crippen molar-refractivity contribution in [2.45, 2.75) is 27.7 Å². The fourth-order valence-corrected chi connectivity index (χ4v) is 1.80. The third kappa shape index (κ3) is 1.78. The van der Waals surface area contributed by atoms with Crippen molar-refractivity contribution in [1.82, 2.24) is 0 Å². The minimum absolute atomic E-state index is 0.834. The molecular formula is C12H14N4. The van der Waals surface area contributed by atoms with Crippen molar-refractivity contribution in [2.75, 3.05) is 10.6 Å². The van der Waals surface area contributed by atoms with Gasteiger partial charge < -0.3 is 0 Å². The first kappa shape index (κ1) is 11.9. The van der Waals surface area contributed by atoms with E-state index in [-0.39, 0.29) is 0 Å². The Bertz CT molecular complexity index is 427. The molecule has 2 N–H and O–H groups in total.